The molecule has 1 aromatic rings. The fraction of sp³-hybridized carbons (Fsp3) is 0.400. The Morgan fingerprint density at radius 1 is 1.47 bits per heavy atom. The van der Waals surface area contributed by atoms with Gasteiger partial charge < -0.3 is 4.74 Å². The molecule has 0 amide bonds. The maximum absolute atomic E-state index is 13.4. The summed E-state index contributed by atoms with van der Waals surface area (Å²) < 4.78 is 55.3. The Bertz CT molecular complexity index is 423. The molecule has 7 heteroatoms. The lowest BCUT2D eigenvalue weighted by atomic mass is 10.1. The van der Waals surface area contributed by atoms with Gasteiger partial charge in [-0.15, -0.1) is 0 Å². The molecule has 0 bridgehead atoms. The largest absolute Gasteiger partial charge is 0.466 e. The average molecular weight is 251 g/mol. The van der Waals surface area contributed by atoms with Crippen LogP contribution in [0.2, 0.25) is 0 Å². The van der Waals surface area contributed by atoms with Crippen LogP contribution in [0.3, 0.4) is 0 Å². The van der Waals surface area contributed by atoms with Crippen LogP contribution in [0.4, 0.5) is 17.6 Å². The average Bonchev–Trinajstić information content (AvgIpc) is 2.22. The van der Waals surface area contributed by atoms with Gasteiger partial charge in [-0.2, -0.15) is 4.39 Å². The second kappa shape index (κ2) is 5.60. The molecule has 0 radical (unpaired) electrons. The van der Waals surface area contributed by atoms with Crippen LogP contribution in [0.1, 0.15) is 24.6 Å². The van der Waals surface area contributed by atoms with E-state index in [4.69, 9.17) is 0 Å². The lowest BCUT2D eigenvalue weighted by molar-refractivity contribution is -0.142. The third-order valence-corrected chi connectivity index (χ3v) is 1.87. The maximum Gasteiger partial charge on any atom is 0.310 e. The first-order valence-electron chi connectivity index (χ1n) is 4.74. The number of aromatic nitrogens is 1. The van der Waals surface area contributed by atoms with Crippen molar-refractivity contribution < 1.29 is 27.1 Å². The van der Waals surface area contributed by atoms with Gasteiger partial charge in [0.2, 0.25) is 5.95 Å². The number of ether oxygens (including phenoxy) is 1. The van der Waals surface area contributed by atoms with Crippen LogP contribution in [0.5, 0.6) is 0 Å². The topological polar surface area (TPSA) is 39.2 Å². The molecular weight excluding hydrogens is 242 g/mol. The zero-order chi connectivity index (χ0) is 13.0. The molecule has 1 aromatic heterocycles. The molecule has 0 saturated carbocycles. The summed E-state index contributed by atoms with van der Waals surface area (Å²) in [6, 6.07) is 0.595. The molecule has 94 valence electrons. The summed E-state index contributed by atoms with van der Waals surface area (Å²) in [6.45, 7) is 1.60. The van der Waals surface area contributed by atoms with Gasteiger partial charge >= 0.3 is 5.97 Å². The molecule has 0 atom stereocenters. The van der Waals surface area contributed by atoms with Gasteiger partial charge in [0.05, 0.1) is 13.0 Å². The van der Waals surface area contributed by atoms with E-state index in [9.17, 15) is 22.4 Å². The number of hydrogen-bond donors (Lipinski definition) is 0. The zero-order valence-corrected chi connectivity index (χ0v) is 8.84. The van der Waals surface area contributed by atoms with Gasteiger partial charge in [0.25, 0.3) is 6.43 Å². The first kappa shape index (κ1) is 13.4. The van der Waals surface area contributed by atoms with Crippen LogP contribution in [-0.2, 0) is 16.0 Å². The Morgan fingerprint density at radius 3 is 2.65 bits per heavy atom. The van der Waals surface area contributed by atoms with Crippen molar-refractivity contribution in [1.29, 1.82) is 0 Å². The molecule has 0 spiro atoms. The van der Waals surface area contributed by atoms with E-state index in [2.05, 4.69) is 9.72 Å². The van der Waals surface area contributed by atoms with Crippen molar-refractivity contribution in [2.75, 3.05) is 6.61 Å². The van der Waals surface area contributed by atoms with Crippen LogP contribution < -0.4 is 0 Å². The third kappa shape index (κ3) is 3.40. The fourth-order valence-corrected chi connectivity index (χ4v) is 1.21. The van der Waals surface area contributed by atoms with Crippen molar-refractivity contribution >= 4 is 5.97 Å². The minimum absolute atomic E-state index is 0.0652. The van der Waals surface area contributed by atoms with Gasteiger partial charge in [-0.25, -0.2) is 18.2 Å². The summed E-state index contributed by atoms with van der Waals surface area (Å²) in [7, 11) is 0. The zero-order valence-electron chi connectivity index (χ0n) is 8.84. The van der Waals surface area contributed by atoms with Crippen molar-refractivity contribution in [2.45, 2.75) is 19.8 Å². The summed E-state index contributed by atoms with van der Waals surface area (Å²) in [5.41, 5.74) is -1.80. The molecule has 17 heavy (non-hydrogen) atoms. The summed E-state index contributed by atoms with van der Waals surface area (Å²) >= 11 is 0. The van der Waals surface area contributed by atoms with Gasteiger partial charge in [0, 0.05) is 5.56 Å². The monoisotopic (exact) mass is 251 g/mol. The van der Waals surface area contributed by atoms with E-state index in [0.29, 0.717) is 6.07 Å². The van der Waals surface area contributed by atoms with Gasteiger partial charge in [-0.3, -0.25) is 4.79 Å². The van der Waals surface area contributed by atoms with E-state index in [1.807, 2.05) is 0 Å². The van der Waals surface area contributed by atoms with E-state index >= 15 is 0 Å². The van der Waals surface area contributed by atoms with Crippen molar-refractivity contribution in [3.8, 4) is 0 Å². The Balaban J connectivity index is 3.03. The van der Waals surface area contributed by atoms with E-state index in [1.54, 1.807) is 0 Å². The van der Waals surface area contributed by atoms with Crippen molar-refractivity contribution in [1.82, 2.24) is 4.98 Å². The standard InChI is InChI=1S/C10H9F4NO2/c1-2-17-7(16)4-5-3-6(11)15-9(8(5)12)10(13)14/h3,10H,2,4H2,1H3. The summed E-state index contributed by atoms with van der Waals surface area (Å²) in [6.07, 6.45) is -3.86. The number of carbonyl (C=O) groups excluding carboxylic acids is 1. The number of nitrogens with zero attached hydrogens (tertiary/aromatic N) is 1. The van der Waals surface area contributed by atoms with Crippen LogP contribution >= 0.6 is 0 Å². The normalized spacial score (nSPS) is 10.7. The Morgan fingerprint density at radius 2 is 2.12 bits per heavy atom. The molecule has 0 unspecified atom stereocenters. The number of carbonyl (C=O) groups is 1. The fourth-order valence-electron chi connectivity index (χ4n) is 1.21. The van der Waals surface area contributed by atoms with Crippen molar-refractivity contribution in [2.24, 2.45) is 0 Å². The second-order valence-corrected chi connectivity index (χ2v) is 3.09. The highest BCUT2D eigenvalue weighted by Crippen LogP contribution is 2.23. The highest BCUT2D eigenvalue weighted by molar-refractivity contribution is 5.72. The molecule has 3 nitrogen and oxygen atoms in total. The minimum Gasteiger partial charge on any atom is -0.466 e. The first-order valence-corrected chi connectivity index (χ1v) is 4.74. The lowest BCUT2D eigenvalue weighted by Gasteiger charge is -2.07. The molecule has 0 aliphatic heterocycles. The number of halogens is 4. The molecule has 1 heterocycles. The quantitative estimate of drug-likeness (QED) is 0.468. The number of hydrogen-bond acceptors (Lipinski definition) is 3. The van der Waals surface area contributed by atoms with Gasteiger partial charge in [0.1, 0.15) is 5.69 Å². The molecule has 1 rings (SSSR count). The number of alkyl halides is 2. The van der Waals surface area contributed by atoms with Gasteiger partial charge in [0.15, 0.2) is 5.82 Å². The van der Waals surface area contributed by atoms with Crippen LogP contribution in [-0.4, -0.2) is 17.6 Å². The molecule has 0 saturated heterocycles. The van der Waals surface area contributed by atoms with Crippen LogP contribution in [0.15, 0.2) is 6.07 Å². The highest BCUT2D eigenvalue weighted by atomic mass is 19.3. The smallest absolute Gasteiger partial charge is 0.310 e. The molecule has 0 fully saturated rings. The lowest BCUT2D eigenvalue weighted by Crippen LogP contribution is -2.11. The van der Waals surface area contributed by atoms with E-state index in [-0.39, 0.29) is 6.61 Å². The number of pyridine rings is 1. The van der Waals surface area contributed by atoms with Crippen molar-refractivity contribution in [3.05, 3.63) is 29.1 Å². The van der Waals surface area contributed by atoms with E-state index in [0.717, 1.165) is 0 Å². The number of esters is 1. The predicted molar refractivity (Wildman–Crippen MR) is 49.4 cm³/mol. The van der Waals surface area contributed by atoms with Crippen molar-refractivity contribution in [3.63, 3.8) is 0 Å². The Labute approximate surface area is 94.4 Å². The number of rotatable bonds is 4. The van der Waals surface area contributed by atoms with Crippen LogP contribution in [0, 0.1) is 11.8 Å². The molecule has 0 aliphatic carbocycles. The highest BCUT2D eigenvalue weighted by Gasteiger charge is 2.21. The SMILES string of the molecule is CCOC(=O)Cc1cc(F)nc(C(F)F)c1F. The Kier molecular flexibility index (Phi) is 4.42. The Hall–Kier alpha value is -1.66. The second-order valence-electron chi connectivity index (χ2n) is 3.09. The molecule has 0 N–H and O–H groups in total. The molecular formula is C10H9F4NO2. The maximum atomic E-state index is 13.4. The summed E-state index contributed by atoms with van der Waals surface area (Å²) in [5.74, 6) is -3.47. The first-order chi connectivity index (χ1) is 7.95. The summed E-state index contributed by atoms with van der Waals surface area (Å²) in [5, 5.41) is 0. The van der Waals surface area contributed by atoms with Gasteiger partial charge in [-0.05, 0) is 13.0 Å². The minimum atomic E-state index is -3.24. The molecule has 0 aliphatic rings. The van der Waals surface area contributed by atoms with Gasteiger partial charge in [-0.1, -0.05) is 0 Å². The predicted octanol–water partition coefficient (Wildman–Crippen LogP) is 2.40. The summed E-state index contributed by atoms with van der Waals surface area (Å²) in [4.78, 5) is 13.8. The van der Waals surface area contributed by atoms with Crippen LogP contribution in [0.25, 0.3) is 0 Å². The van der Waals surface area contributed by atoms with E-state index in [1.165, 1.54) is 6.92 Å². The molecule has 0 aromatic carbocycles. The van der Waals surface area contributed by atoms with E-state index < -0.39 is 41.8 Å². The third-order valence-electron chi connectivity index (χ3n) is 1.87.